The van der Waals surface area contributed by atoms with Crippen molar-refractivity contribution in [1.29, 1.82) is 0 Å². The maximum atomic E-state index is 13.1. The number of hydrogen-bond donors (Lipinski definition) is 0. The molecule has 7 nitrogen and oxygen atoms in total. The highest BCUT2D eigenvalue weighted by molar-refractivity contribution is 5.96. The van der Waals surface area contributed by atoms with Crippen molar-refractivity contribution in [1.82, 2.24) is 9.80 Å². The summed E-state index contributed by atoms with van der Waals surface area (Å²) in [6.45, 7) is 8.85. The molecule has 194 valence electrons. The van der Waals surface area contributed by atoms with E-state index in [4.69, 9.17) is 14.2 Å². The van der Waals surface area contributed by atoms with Crippen LogP contribution in [0.2, 0.25) is 0 Å². The molecule has 36 heavy (non-hydrogen) atoms. The lowest BCUT2D eigenvalue weighted by Gasteiger charge is -2.41. The zero-order valence-corrected chi connectivity index (χ0v) is 21.9. The van der Waals surface area contributed by atoms with Gasteiger partial charge in [-0.25, -0.2) is 0 Å². The number of hydrogen-bond acceptors (Lipinski definition) is 6. The Balaban J connectivity index is 1.36. The first-order chi connectivity index (χ1) is 17.3. The number of para-hydroxylation sites is 2. The third kappa shape index (κ3) is 6.19. The quantitative estimate of drug-likeness (QED) is 0.513. The summed E-state index contributed by atoms with van der Waals surface area (Å²) in [6.07, 6.45) is 2.30. The number of carbonyl (C=O) groups is 2. The second-order valence-electron chi connectivity index (χ2n) is 10.7. The fraction of sp³-hybridized carbons (Fsp3) is 0.517. The highest BCUT2D eigenvalue weighted by Gasteiger charge is 2.33. The predicted octanol–water partition coefficient (Wildman–Crippen LogP) is 4.19. The van der Waals surface area contributed by atoms with Crippen molar-refractivity contribution in [3.05, 3.63) is 59.7 Å². The van der Waals surface area contributed by atoms with E-state index in [0.717, 1.165) is 50.0 Å². The number of carbonyl (C=O) groups excluding carboxylic acids is 2. The molecule has 1 amide bonds. The van der Waals surface area contributed by atoms with Crippen molar-refractivity contribution >= 4 is 11.9 Å². The monoisotopic (exact) mass is 494 g/mol. The lowest BCUT2D eigenvalue weighted by molar-refractivity contribution is -0.161. The average Bonchev–Trinajstić information content (AvgIpc) is 2.88. The van der Waals surface area contributed by atoms with Gasteiger partial charge in [0.1, 0.15) is 12.7 Å². The molecule has 1 saturated heterocycles. The van der Waals surface area contributed by atoms with Gasteiger partial charge in [-0.2, -0.15) is 0 Å². The molecule has 0 saturated carbocycles. The van der Waals surface area contributed by atoms with E-state index < -0.39 is 11.5 Å². The standard InChI is InChI=1S/C29H38N2O5/c1-29(2,3)28(33)36-23(20-35-26-12-8-7-11-25(26)34-4)19-30-16-14-22(15-17-30)31-18-13-21-9-5-6-10-24(21)27(31)32/h5-12,22-23H,13-20H2,1-4H3. The van der Waals surface area contributed by atoms with E-state index in [1.54, 1.807) is 7.11 Å². The van der Waals surface area contributed by atoms with Crippen LogP contribution < -0.4 is 9.47 Å². The summed E-state index contributed by atoms with van der Waals surface area (Å²) in [4.78, 5) is 30.1. The van der Waals surface area contributed by atoms with Crippen molar-refractivity contribution in [2.24, 2.45) is 5.41 Å². The number of piperidine rings is 1. The van der Waals surface area contributed by atoms with Gasteiger partial charge in [-0.15, -0.1) is 0 Å². The molecule has 2 aliphatic heterocycles. The Morgan fingerprint density at radius 1 is 1.00 bits per heavy atom. The molecule has 1 unspecified atom stereocenters. The summed E-state index contributed by atoms with van der Waals surface area (Å²) < 4.78 is 17.3. The molecule has 0 aliphatic carbocycles. The molecule has 1 atom stereocenters. The van der Waals surface area contributed by atoms with Crippen LogP contribution in [0, 0.1) is 5.41 Å². The Labute approximate surface area is 214 Å². The van der Waals surface area contributed by atoms with Crippen molar-refractivity contribution < 1.29 is 23.8 Å². The molecule has 0 N–H and O–H groups in total. The van der Waals surface area contributed by atoms with Crippen molar-refractivity contribution in [2.45, 2.75) is 52.2 Å². The van der Waals surface area contributed by atoms with Crippen LogP contribution >= 0.6 is 0 Å². The number of rotatable bonds is 8. The first kappa shape index (κ1) is 26.0. The van der Waals surface area contributed by atoms with Crippen LogP contribution in [0.15, 0.2) is 48.5 Å². The number of nitrogens with zero attached hydrogens (tertiary/aromatic N) is 2. The highest BCUT2D eigenvalue weighted by atomic mass is 16.6. The van der Waals surface area contributed by atoms with Gasteiger partial charge >= 0.3 is 5.97 Å². The Morgan fingerprint density at radius 2 is 1.67 bits per heavy atom. The maximum absolute atomic E-state index is 13.1. The number of methoxy groups -OCH3 is 1. The average molecular weight is 495 g/mol. The lowest BCUT2D eigenvalue weighted by atomic mass is 9.94. The summed E-state index contributed by atoms with van der Waals surface area (Å²) >= 11 is 0. The molecule has 4 rings (SSSR count). The van der Waals surface area contributed by atoms with Crippen molar-refractivity contribution in [3.8, 4) is 11.5 Å². The number of fused-ring (bicyclic) bond motifs is 1. The van der Waals surface area contributed by atoms with Gasteiger partial charge in [-0.05, 0) is 63.8 Å². The van der Waals surface area contributed by atoms with Crippen LogP contribution in [0.5, 0.6) is 11.5 Å². The Kier molecular flexibility index (Phi) is 8.19. The first-order valence-electron chi connectivity index (χ1n) is 12.8. The van der Waals surface area contributed by atoms with Gasteiger partial charge < -0.3 is 19.1 Å². The fourth-order valence-corrected chi connectivity index (χ4v) is 4.87. The number of amides is 1. The zero-order valence-electron chi connectivity index (χ0n) is 21.9. The van der Waals surface area contributed by atoms with Crippen LogP contribution in [0.1, 0.15) is 49.5 Å². The Bertz CT molecular complexity index is 1060. The molecule has 2 aromatic rings. The molecular weight excluding hydrogens is 456 g/mol. The van der Waals surface area contributed by atoms with Crippen molar-refractivity contribution in [2.75, 3.05) is 39.9 Å². The van der Waals surface area contributed by atoms with Crippen molar-refractivity contribution in [3.63, 3.8) is 0 Å². The molecule has 0 spiro atoms. The van der Waals surface area contributed by atoms with Gasteiger partial charge in [0.2, 0.25) is 0 Å². The second-order valence-corrected chi connectivity index (χ2v) is 10.7. The van der Waals surface area contributed by atoms with E-state index in [9.17, 15) is 9.59 Å². The van der Waals surface area contributed by atoms with E-state index in [1.165, 1.54) is 0 Å². The molecule has 0 bridgehead atoms. The minimum Gasteiger partial charge on any atom is -0.493 e. The molecule has 7 heteroatoms. The van der Waals surface area contributed by atoms with E-state index in [-0.39, 0.29) is 24.5 Å². The van der Waals surface area contributed by atoms with Crippen LogP contribution in [0.25, 0.3) is 0 Å². The normalized spacial score (nSPS) is 17.9. The van der Waals surface area contributed by atoms with E-state index in [1.807, 2.05) is 63.2 Å². The number of esters is 1. The number of likely N-dealkylation sites (tertiary alicyclic amines) is 1. The van der Waals surface area contributed by atoms with Gasteiger partial charge in [0, 0.05) is 37.8 Å². The molecule has 0 radical (unpaired) electrons. The van der Waals surface area contributed by atoms with Crippen LogP contribution in [0.3, 0.4) is 0 Å². The summed E-state index contributed by atoms with van der Waals surface area (Å²) in [5, 5.41) is 0. The minimum absolute atomic E-state index is 0.150. The van der Waals surface area contributed by atoms with E-state index in [2.05, 4.69) is 15.9 Å². The SMILES string of the molecule is COc1ccccc1OCC(CN1CCC(N2CCc3ccccc3C2=O)CC1)OC(=O)C(C)(C)C. The van der Waals surface area contributed by atoms with E-state index in [0.29, 0.717) is 18.0 Å². The minimum atomic E-state index is -0.597. The molecule has 2 aromatic carbocycles. The summed E-state index contributed by atoms with van der Waals surface area (Å²) in [5.41, 5.74) is 1.39. The predicted molar refractivity (Wildman–Crippen MR) is 138 cm³/mol. The fourth-order valence-electron chi connectivity index (χ4n) is 4.87. The molecule has 2 aliphatic rings. The van der Waals surface area contributed by atoms with Gasteiger partial charge in [0.15, 0.2) is 11.5 Å². The van der Waals surface area contributed by atoms with Crippen LogP contribution in [0.4, 0.5) is 0 Å². The topological polar surface area (TPSA) is 68.3 Å². The molecular formula is C29H38N2O5. The van der Waals surface area contributed by atoms with Gasteiger partial charge in [-0.3, -0.25) is 14.5 Å². The largest absolute Gasteiger partial charge is 0.493 e. The zero-order chi connectivity index (χ0) is 25.7. The highest BCUT2D eigenvalue weighted by Crippen LogP contribution is 2.28. The molecule has 1 fully saturated rings. The van der Waals surface area contributed by atoms with Gasteiger partial charge in [0.25, 0.3) is 5.91 Å². The molecule has 2 heterocycles. The Morgan fingerprint density at radius 3 is 2.36 bits per heavy atom. The molecule has 0 aromatic heterocycles. The van der Waals surface area contributed by atoms with Gasteiger partial charge in [0.05, 0.1) is 12.5 Å². The number of benzene rings is 2. The van der Waals surface area contributed by atoms with Crippen LogP contribution in [-0.4, -0.2) is 73.7 Å². The summed E-state index contributed by atoms with van der Waals surface area (Å²) in [5.74, 6) is 1.17. The maximum Gasteiger partial charge on any atom is 0.311 e. The van der Waals surface area contributed by atoms with Gasteiger partial charge in [-0.1, -0.05) is 30.3 Å². The Hall–Kier alpha value is -3.06. The smallest absolute Gasteiger partial charge is 0.311 e. The number of ether oxygens (including phenoxy) is 3. The van der Waals surface area contributed by atoms with E-state index >= 15 is 0 Å². The lowest BCUT2D eigenvalue weighted by Crippen LogP contribution is -2.51. The second kappa shape index (κ2) is 11.3. The third-order valence-corrected chi connectivity index (χ3v) is 6.97. The first-order valence-corrected chi connectivity index (χ1v) is 12.8. The summed E-state index contributed by atoms with van der Waals surface area (Å²) in [7, 11) is 1.61. The van der Waals surface area contributed by atoms with Crippen LogP contribution in [-0.2, 0) is 16.0 Å². The summed E-state index contributed by atoms with van der Waals surface area (Å²) in [6, 6.07) is 15.6. The third-order valence-electron chi connectivity index (χ3n) is 6.97.